The number of aryl methyl sites for hydroxylation is 1. The molecule has 0 bridgehead atoms. The van der Waals surface area contributed by atoms with E-state index in [1.165, 1.54) is 11.1 Å². The number of nitrogens with one attached hydrogen (secondary N) is 1. The van der Waals surface area contributed by atoms with Crippen LogP contribution in [0.4, 0.5) is 4.79 Å². The van der Waals surface area contributed by atoms with Gasteiger partial charge in [-0.3, -0.25) is 19.4 Å². The quantitative estimate of drug-likeness (QED) is 0.796. The molecule has 3 saturated heterocycles. The zero-order valence-electron chi connectivity index (χ0n) is 16.4. The lowest BCUT2D eigenvalue weighted by Gasteiger charge is -2.40. The first-order chi connectivity index (χ1) is 13.4. The highest BCUT2D eigenvalue weighted by Crippen LogP contribution is 2.39. The van der Waals surface area contributed by atoms with Crippen LogP contribution in [0.15, 0.2) is 24.3 Å². The molecule has 0 aliphatic carbocycles. The van der Waals surface area contributed by atoms with Crippen molar-refractivity contribution in [2.75, 3.05) is 39.3 Å². The molecule has 3 aliphatic rings. The lowest BCUT2D eigenvalue weighted by atomic mass is 9.79. The number of amides is 4. The maximum atomic E-state index is 12.7. The van der Waals surface area contributed by atoms with Crippen LogP contribution in [0.25, 0.3) is 0 Å². The van der Waals surface area contributed by atoms with Crippen LogP contribution < -0.4 is 5.32 Å². The molecule has 1 atom stereocenters. The van der Waals surface area contributed by atoms with Crippen LogP contribution >= 0.6 is 0 Å². The average molecular weight is 384 g/mol. The molecule has 7 nitrogen and oxygen atoms in total. The van der Waals surface area contributed by atoms with E-state index in [-0.39, 0.29) is 30.3 Å². The summed E-state index contributed by atoms with van der Waals surface area (Å²) in [6.07, 6.45) is 3.26. The summed E-state index contributed by atoms with van der Waals surface area (Å²) in [5.41, 5.74) is 2.75. The number of carbonyl (C=O) groups excluding carboxylic acids is 3. The highest BCUT2D eigenvalue weighted by molar-refractivity contribution is 6.04. The predicted octanol–water partition coefficient (Wildman–Crippen LogP) is 1.36. The Hall–Kier alpha value is -2.41. The average Bonchev–Trinajstić information content (AvgIpc) is 3.20. The minimum Gasteiger partial charge on any atom is -0.341 e. The van der Waals surface area contributed by atoms with E-state index in [1.807, 2.05) is 4.90 Å². The van der Waals surface area contributed by atoms with Gasteiger partial charge in [-0.15, -0.1) is 0 Å². The molecular formula is C21H28N4O3. The van der Waals surface area contributed by atoms with Gasteiger partial charge in [0.15, 0.2) is 0 Å². The lowest BCUT2D eigenvalue weighted by Crippen LogP contribution is -2.46. The van der Waals surface area contributed by atoms with Crippen molar-refractivity contribution >= 4 is 17.8 Å². The molecule has 3 fully saturated rings. The van der Waals surface area contributed by atoms with E-state index in [0.29, 0.717) is 6.54 Å². The van der Waals surface area contributed by atoms with E-state index in [1.54, 1.807) is 0 Å². The number of imide groups is 1. The summed E-state index contributed by atoms with van der Waals surface area (Å²) in [7, 11) is 0. The Morgan fingerprint density at radius 3 is 2.79 bits per heavy atom. The van der Waals surface area contributed by atoms with Crippen molar-refractivity contribution in [1.29, 1.82) is 0 Å². The van der Waals surface area contributed by atoms with Gasteiger partial charge in [-0.25, -0.2) is 4.79 Å². The summed E-state index contributed by atoms with van der Waals surface area (Å²) < 4.78 is 0. The van der Waals surface area contributed by atoms with Gasteiger partial charge in [0.05, 0.1) is 6.54 Å². The fourth-order valence-electron chi connectivity index (χ4n) is 4.85. The maximum Gasteiger partial charge on any atom is 0.325 e. The zero-order chi connectivity index (χ0) is 19.7. The molecule has 150 valence electrons. The second kappa shape index (κ2) is 7.54. The van der Waals surface area contributed by atoms with E-state index in [9.17, 15) is 14.4 Å². The third-order valence-electron chi connectivity index (χ3n) is 6.25. The smallest absolute Gasteiger partial charge is 0.325 e. The molecule has 28 heavy (non-hydrogen) atoms. The van der Waals surface area contributed by atoms with Gasteiger partial charge in [-0.1, -0.05) is 29.8 Å². The summed E-state index contributed by atoms with van der Waals surface area (Å²) in [6, 6.07) is 8.18. The third kappa shape index (κ3) is 3.90. The molecule has 3 heterocycles. The molecule has 1 N–H and O–H groups in total. The van der Waals surface area contributed by atoms with Crippen molar-refractivity contribution in [3.8, 4) is 0 Å². The summed E-state index contributed by atoms with van der Waals surface area (Å²) >= 11 is 0. The predicted molar refractivity (Wildman–Crippen MR) is 104 cm³/mol. The SMILES string of the molecule is Cc1cccc(CN2CCC[C@]3(CCN(C(=O)CN4C(=O)CNC4=O)C3)C2)c1. The van der Waals surface area contributed by atoms with Gasteiger partial charge in [-0.05, 0) is 38.3 Å². The second-order valence-corrected chi connectivity index (χ2v) is 8.51. The molecule has 7 heteroatoms. The third-order valence-corrected chi connectivity index (χ3v) is 6.25. The van der Waals surface area contributed by atoms with E-state index >= 15 is 0 Å². The molecule has 4 amide bonds. The Kier molecular flexibility index (Phi) is 5.10. The topological polar surface area (TPSA) is 73.0 Å². The number of carbonyl (C=O) groups is 3. The van der Waals surface area contributed by atoms with E-state index in [0.717, 1.165) is 50.3 Å². The van der Waals surface area contributed by atoms with E-state index in [4.69, 9.17) is 0 Å². The molecular weight excluding hydrogens is 356 g/mol. The van der Waals surface area contributed by atoms with Crippen LogP contribution in [0.5, 0.6) is 0 Å². The Labute approximate surface area is 165 Å². The fraction of sp³-hybridized carbons (Fsp3) is 0.571. The van der Waals surface area contributed by atoms with Crippen molar-refractivity contribution < 1.29 is 14.4 Å². The van der Waals surface area contributed by atoms with Crippen molar-refractivity contribution in [2.24, 2.45) is 5.41 Å². The Morgan fingerprint density at radius 1 is 1.18 bits per heavy atom. The van der Waals surface area contributed by atoms with Crippen LogP contribution in [0.2, 0.25) is 0 Å². The molecule has 1 spiro atoms. The van der Waals surface area contributed by atoms with Crippen molar-refractivity contribution in [3.05, 3.63) is 35.4 Å². The first-order valence-electron chi connectivity index (χ1n) is 10.1. The number of hydrogen-bond donors (Lipinski definition) is 1. The Balaban J connectivity index is 1.36. The van der Waals surface area contributed by atoms with Gasteiger partial charge in [-0.2, -0.15) is 0 Å². The van der Waals surface area contributed by atoms with Gasteiger partial charge in [0, 0.05) is 31.6 Å². The Bertz CT molecular complexity index is 780. The van der Waals surface area contributed by atoms with E-state index in [2.05, 4.69) is 41.4 Å². The number of urea groups is 1. The largest absolute Gasteiger partial charge is 0.341 e. The number of benzene rings is 1. The summed E-state index contributed by atoms with van der Waals surface area (Å²) in [6.45, 7) is 6.42. The van der Waals surface area contributed by atoms with Crippen LogP contribution in [0.3, 0.4) is 0 Å². The fourth-order valence-corrected chi connectivity index (χ4v) is 4.85. The van der Waals surface area contributed by atoms with Crippen LogP contribution in [-0.4, -0.2) is 71.8 Å². The number of hydrogen-bond acceptors (Lipinski definition) is 4. The van der Waals surface area contributed by atoms with Gasteiger partial charge < -0.3 is 10.2 Å². The first-order valence-corrected chi connectivity index (χ1v) is 10.1. The highest BCUT2D eigenvalue weighted by Gasteiger charge is 2.43. The number of piperidine rings is 1. The van der Waals surface area contributed by atoms with E-state index < -0.39 is 6.03 Å². The summed E-state index contributed by atoms with van der Waals surface area (Å²) in [5.74, 6) is -0.452. The van der Waals surface area contributed by atoms with Gasteiger partial charge in [0.1, 0.15) is 6.54 Å². The summed E-state index contributed by atoms with van der Waals surface area (Å²) in [4.78, 5) is 41.5. The molecule has 1 aromatic rings. The lowest BCUT2D eigenvalue weighted by molar-refractivity contribution is -0.136. The number of likely N-dealkylation sites (tertiary alicyclic amines) is 2. The monoisotopic (exact) mass is 384 g/mol. The molecule has 4 rings (SSSR count). The molecule has 0 radical (unpaired) electrons. The normalized spacial score (nSPS) is 25.6. The van der Waals surface area contributed by atoms with Crippen molar-refractivity contribution in [1.82, 2.24) is 20.0 Å². The van der Waals surface area contributed by atoms with Crippen LogP contribution in [0, 0.1) is 12.3 Å². The van der Waals surface area contributed by atoms with Crippen molar-refractivity contribution in [2.45, 2.75) is 32.7 Å². The second-order valence-electron chi connectivity index (χ2n) is 8.51. The zero-order valence-corrected chi connectivity index (χ0v) is 16.4. The standard InChI is InChI=1S/C21H28N4O3/c1-16-4-2-5-17(10-16)12-23-8-3-6-21(14-23)7-9-24(15-21)19(27)13-25-18(26)11-22-20(25)28/h2,4-5,10H,3,6-9,11-15H2,1H3,(H,22,28)/t21-/m0/s1. The summed E-state index contributed by atoms with van der Waals surface area (Å²) in [5, 5.41) is 2.47. The van der Waals surface area contributed by atoms with Crippen LogP contribution in [0.1, 0.15) is 30.4 Å². The molecule has 1 aromatic carbocycles. The molecule has 0 saturated carbocycles. The highest BCUT2D eigenvalue weighted by atomic mass is 16.2. The number of rotatable bonds is 4. The molecule has 0 unspecified atom stereocenters. The van der Waals surface area contributed by atoms with Gasteiger partial charge in [0.2, 0.25) is 5.91 Å². The maximum absolute atomic E-state index is 12.7. The number of nitrogens with zero attached hydrogens (tertiary/aromatic N) is 3. The van der Waals surface area contributed by atoms with Gasteiger partial charge in [0.25, 0.3) is 5.91 Å². The van der Waals surface area contributed by atoms with Crippen LogP contribution in [-0.2, 0) is 16.1 Å². The first kappa shape index (κ1) is 18.9. The molecule has 0 aromatic heterocycles. The minimum atomic E-state index is -0.464. The van der Waals surface area contributed by atoms with Gasteiger partial charge >= 0.3 is 6.03 Å². The molecule has 3 aliphatic heterocycles. The Morgan fingerprint density at radius 2 is 2.04 bits per heavy atom. The van der Waals surface area contributed by atoms with Crippen molar-refractivity contribution in [3.63, 3.8) is 0 Å². The minimum absolute atomic E-state index is 0.00995.